The van der Waals surface area contributed by atoms with Crippen LogP contribution in [-0.4, -0.2) is 59.7 Å². The van der Waals surface area contributed by atoms with Gasteiger partial charge in [0.2, 0.25) is 5.95 Å². The van der Waals surface area contributed by atoms with Crippen LogP contribution in [0.5, 0.6) is 5.75 Å². The molecule has 0 saturated heterocycles. The molecule has 1 heterocycles. The predicted molar refractivity (Wildman–Crippen MR) is 147 cm³/mol. The number of rotatable bonds is 16. The van der Waals surface area contributed by atoms with Crippen molar-refractivity contribution in [3.8, 4) is 5.75 Å². The maximum absolute atomic E-state index is 11.2. The van der Waals surface area contributed by atoms with Gasteiger partial charge in [-0.25, -0.2) is 4.98 Å². The van der Waals surface area contributed by atoms with E-state index in [-0.39, 0.29) is 18.0 Å². The minimum absolute atomic E-state index is 0.120. The molecule has 0 fully saturated rings. The highest BCUT2D eigenvalue weighted by atomic mass is 16.5. The highest BCUT2D eigenvalue weighted by Crippen LogP contribution is 2.26. The van der Waals surface area contributed by atoms with Crippen molar-refractivity contribution in [3.05, 3.63) is 40.6 Å². The molecule has 0 saturated carbocycles. The largest absolute Gasteiger partial charge is 0.494 e. The second kappa shape index (κ2) is 15.3. The monoisotopic (exact) mass is 499 g/mol. The van der Waals surface area contributed by atoms with Gasteiger partial charge in [0, 0.05) is 43.6 Å². The molecule has 0 aliphatic heterocycles. The fourth-order valence-electron chi connectivity index (χ4n) is 4.29. The SMILES string of the molecule is CCC[C@@H](CCOC(C)=O)Nc1nc(N)nc(C)c1Cc1ccc(OCCCN(CC)CC)cc1C. The third kappa shape index (κ3) is 9.64. The van der Waals surface area contributed by atoms with E-state index in [2.05, 4.69) is 60.0 Å². The molecule has 1 aromatic carbocycles. The van der Waals surface area contributed by atoms with Gasteiger partial charge >= 0.3 is 5.97 Å². The number of aromatic nitrogens is 2. The number of hydrogen-bond acceptors (Lipinski definition) is 8. The smallest absolute Gasteiger partial charge is 0.302 e. The molecule has 36 heavy (non-hydrogen) atoms. The molecule has 1 atom stereocenters. The molecule has 3 N–H and O–H groups in total. The van der Waals surface area contributed by atoms with Crippen LogP contribution in [0.15, 0.2) is 18.2 Å². The summed E-state index contributed by atoms with van der Waals surface area (Å²) in [6.07, 6.45) is 4.33. The average molecular weight is 500 g/mol. The number of nitrogen functional groups attached to an aromatic ring is 1. The minimum atomic E-state index is -0.264. The molecule has 0 aliphatic carbocycles. The van der Waals surface area contributed by atoms with Crippen molar-refractivity contribution >= 4 is 17.7 Å². The zero-order chi connectivity index (χ0) is 26.5. The van der Waals surface area contributed by atoms with Gasteiger partial charge in [-0.2, -0.15) is 4.98 Å². The van der Waals surface area contributed by atoms with Crippen LogP contribution >= 0.6 is 0 Å². The Kier molecular flexibility index (Phi) is 12.5. The normalized spacial score (nSPS) is 12.0. The Morgan fingerprint density at radius 2 is 1.86 bits per heavy atom. The Hall–Kier alpha value is -2.87. The lowest BCUT2D eigenvalue weighted by Gasteiger charge is -2.22. The molecule has 0 amide bonds. The number of nitrogens with zero attached hydrogens (tertiary/aromatic N) is 3. The summed E-state index contributed by atoms with van der Waals surface area (Å²) in [5.41, 5.74) is 10.2. The van der Waals surface area contributed by atoms with E-state index in [4.69, 9.17) is 15.2 Å². The molecule has 2 rings (SSSR count). The molecule has 2 aromatic rings. The Balaban J connectivity index is 2.11. The topological polar surface area (TPSA) is 103 Å². The van der Waals surface area contributed by atoms with Crippen LogP contribution in [0.25, 0.3) is 0 Å². The number of carbonyl (C=O) groups is 1. The number of anilines is 2. The number of nitrogens with one attached hydrogen (secondary N) is 1. The lowest BCUT2D eigenvalue weighted by Crippen LogP contribution is -2.25. The zero-order valence-corrected chi connectivity index (χ0v) is 23.0. The number of esters is 1. The van der Waals surface area contributed by atoms with Gasteiger partial charge in [0.05, 0.1) is 13.2 Å². The molecular weight excluding hydrogens is 454 g/mol. The first-order valence-electron chi connectivity index (χ1n) is 13.2. The van der Waals surface area contributed by atoms with Gasteiger partial charge in [-0.05, 0) is 63.0 Å². The van der Waals surface area contributed by atoms with E-state index in [0.717, 1.165) is 61.7 Å². The van der Waals surface area contributed by atoms with Gasteiger partial charge < -0.3 is 25.4 Å². The van der Waals surface area contributed by atoms with E-state index >= 15 is 0 Å². The van der Waals surface area contributed by atoms with Crippen molar-refractivity contribution in [1.82, 2.24) is 14.9 Å². The number of hydrogen-bond donors (Lipinski definition) is 2. The van der Waals surface area contributed by atoms with Gasteiger partial charge in [-0.15, -0.1) is 0 Å². The Bertz CT molecular complexity index is 962. The van der Waals surface area contributed by atoms with Gasteiger partial charge in [0.25, 0.3) is 0 Å². The molecular formula is C28H45N5O3. The molecule has 200 valence electrons. The second-order valence-electron chi connectivity index (χ2n) is 9.25. The molecule has 1 aromatic heterocycles. The highest BCUT2D eigenvalue weighted by molar-refractivity contribution is 5.65. The van der Waals surface area contributed by atoms with Crippen molar-refractivity contribution in [2.45, 2.75) is 79.7 Å². The van der Waals surface area contributed by atoms with Gasteiger partial charge in [-0.1, -0.05) is 33.3 Å². The van der Waals surface area contributed by atoms with Gasteiger partial charge in [0.15, 0.2) is 0 Å². The second-order valence-corrected chi connectivity index (χ2v) is 9.25. The summed E-state index contributed by atoms with van der Waals surface area (Å²) in [5.74, 6) is 1.63. The maximum atomic E-state index is 11.2. The van der Waals surface area contributed by atoms with Crippen molar-refractivity contribution < 1.29 is 14.3 Å². The van der Waals surface area contributed by atoms with Crippen molar-refractivity contribution in [3.63, 3.8) is 0 Å². The Morgan fingerprint density at radius 3 is 2.50 bits per heavy atom. The molecule has 0 radical (unpaired) electrons. The predicted octanol–water partition coefficient (Wildman–Crippen LogP) is 4.91. The van der Waals surface area contributed by atoms with E-state index in [0.29, 0.717) is 26.1 Å². The standard InChI is InChI=1S/C28H45N5O3/c1-7-11-24(14-17-35-22(6)34)31-27-26(21(5)30-28(29)32-27)19-23-12-13-25(18-20(23)4)36-16-10-15-33(8-2)9-3/h12-13,18,24H,7-11,14-17,19H2,1-6H3,(H3,29,30,31,32)/t24-/m0/s1. The number of ether oxygens (including phenoxy) is 2. The molecule has 0 spiro atoms. The lowest BCUT2D eigenvalue weighted by molar-refractivity contribution is -0.141. The molecule has 0 bridgehead atoms. The van der Waals surface area contributed by atoms with Crippen LogP contribution in [-0.2, 0) is 16.0 Å². The quantitative estimate of drug-likeness (QED) is 0.248. The lowest BCUT2D eigenvalue weighted by atomic mass is 9.99. The van der Waals surface area contributed by atoms with Gasteiger partial charge in [0.1, 0.15) is 11.6 Å². The van der Waals surface area contributed by atoms with E-state index in [1.165, 1.54) is 18.1 Å². The number of aryl methyl sites for hydroxylation is 2. The fraction of sp³-hybridized carbons (Fsp3) is 0.607. The fourth-order valence-corrected chi connectivity index (χ4v) is 4.29. The van der Waals surface area contributed by atoms with Crippen molar-refractivity contribution in [2.24, 2.45) is 0 Å². The first-order chi connectivity index (χ1) is 17.3. The van der Waals surface area contributed by atoms with Gasteiger partial charge in [-0.3, -0.25) is 4.79 Å². The summed E-state index contributed by atoms with van der Waals surface area (Å²) in [6, 6.07) is 6.39. The van der Waals surface area contributed by atoms with Crippen molar-refractivity contribution in [1.29, 1.82) is 0 Å². The first kappa shape index (κ1) is 29.4. The third-order valence-electron chi connectivity index (χ3n) is 6.44. The summed E-state index contributed by atoms with van der Waals surface area (Å²) in [5, 5.41) is 3.56. The molecule has 0 aliphatic rings. The van der Waals surface area contributed by atoms with Crippen LogP contribution in [0.3, 0.4) is 0 Å². The van der Waals surface area contributed by atoms with Crippen LogP contribution in [0, 0.1) is 13.8 Å². The van der Waals surface area contributed by atoms with E-state index in [1.54, 1.807) is 0 Å². The summed E-state index contributed by atoms with van der Waals surface area (Å²) < 4.78 is 11.2. The van der Waals surface area contributed by atoms with E-state index < -0.39 is 0 Å². The third-order valence-corrected chi connectivity index (χ3v) is 6.44. The number of nitrogens with two attached hydrogens (primary N) is 1. The number of carbonyl (C=O) groups excluding carboxylic acids is 1. The zero-order valence-electron chi connectivity index (χ0n) is 23.0. The summed E-state index contributed by atoms with van der Waals surface area (Å²) in [7, 11) is 0. The first-order valence-corrected chi connectivity index (χ1v) is 13.2. The minimum Gasteiger partial charge on any atom is -0.494 e. The Morgan fingerprint density at radius 1 is 1.11 bits per heavy atom. The summed E-state index contributed by atoms with van der Waals surface area (Å²) in [6.45, 7) is 16.3. The van der Waals surface area contributed by atoms with Crippen LogP contribution < -0.4 is 15.8 Å². The highest BCUT2D eigenvalue weighted by Gasteiger charge is 2.17. The number of benzene rings is 1. The van der Waals surface area contributed by atoms with Crippen LogP contribution in [0.2, 0.25) is 0 Å². The average Bonchev–Trinajstić information content (AvgIpc) is 2.82. The van der Waals surface area contributed by atoms with Crippen LogP contribution in [0.4, 0.5) is 11.8 Å². The van der Waals surface area contributed by atoms with E-state index in [9.17, 15) is 4.79 Å². The maximum Gasteiger partial charge on any atom is 0.302 e. The summed E-state index contributed by atoms with van der Waals surface area (Å²) in [4.78, 5) is 22.5. The summed E-state index contributed by atoms with van der Waals surface area (Å²) >= 11 is 0. The molecule has 8 heteroatoms. The molecule has 8 nitrogen and oxygen atoms in total. The van der Waals surface area contributed by atoms with Crippen molar-refractivity contribution in [2.75, 3.05) is 43.9 Å². The van der Waals surface area contributed by atoms with Crippen LogP contribution in [0.1, 0.15) is 75.8 Å². The van der Waals surface area contributed by atoms with E-state index in [1.807, 2.05) is 13.0 Å². The Labute approximate surface area is 217 Å². The molecule has 0 unspecified atom stereocenters.